The van der Waals surface area contributed by atoms with E-state index in [-0.39, 0.29) is 48.6 Å². The van der Waals surface area contributed by atoms with Crippen LogP contribution in [-0.4, -0.2) is 51.7 Å². The molecule has 0 radical (unpaired) electrons. The van der Waals surface area contributed by atoms with Crippen molar-refractivity contribution in [1.29, 1.82) is 0 Å². The summed E-state index contributed by atoms with van der Waals surface area (Å²) in [5, 5.41) is 4.49. The number of likely N-dealkylation sites (tertiary alicyclic amines) is 1. The number of hydrogen-bond acceptors (Lipinski definition) is 4. The maximum Gasteiger partial charge on any atom is 0.414 e. The molecule has 10 heteroatoms. The van der Waals surface area contributed by atoms with Gasteiger partial charge in [-0.25, -0.2) is 13.9 Å². The molecule has 4 heterocycles. The molecule has 3 aromatic rings. The molecule has 0 N–H and O–H groups in total. The average Bonchev–Trinajstić information content (AvgIpc) is 3.47. The minimum Gasteiger partial charge on any atom is -0.479 e. The maximum absolute atomic E-state index is 14.6. The number of aliphatic imine (C=N–C) groups is 1. The molecule has 0 bridgehead atoms. The topological polar surface area (TPSA) is 59.2 Å². The van der Waals surface area contributed by atoms with Crippen molar-refractivity contribution in [2.24, 2.45) is 4.99 Å². The van der Waals surface area contributed by atoms with Crippen molar-refractivity contribution in [3.05, 3.63) is 71.8 Å². The van der Waals surface area contributed by atoms with Crippen LogP contribution < -0.4 is 0 Å². The Bertz CT molecular complexity index is 1330. The van der Waals surface area contributed by atoms with Gasteiger partial charge in [-0.05, 0) is 43.5 Å². The van der Waals surface area contributed by atoms with Crippen LogP contribution in [0.2, 0.25) is 0 Å². The second-order valence-electron chi connectivity index (χ2n) is 8.51. The predicted molar refractivity (Wildman–Crippen MR) is 121 cm³/mol. The van der Waals surface area contributed by atoms with Crippen LogP contribution in [0.4, 0.5) is 17.6 Å². The molecule has 0 unspecified atom stereocenters. The number of pyridine rings is 1. The van der Waals surface area contributed by atoms with E-state index < -0.39 is 17.6 Å². The number of nitrogens with zero attached hydrogens (tertiary/aromatic N) is 4. The van der Waals surface area contributed by atoms with Gasteiger partial charge in [0.05, 0.1) is 22.7 Å². The van der Waals surface area contributed by atoms with Crippen LogP contribution in [0.25, 0.3) is 16.8 Å². The Hall–Kier alpha value is -3.69. The van der Waals surface area contributed by atoms with Crippen LogP contribution in [0.5, 0.6) is 0 Å². The second kappa shape index (κ2) is 9.16. The zero-order valence-corrected chi connectivity index (χ0v) is 18.6. The molecule has 182 valence electrons. The van der Waals surface area contributed by atoms with Gasteiger partial charge >= 0.3 is 6.18 Å². The number of benzene rings is 1. The van der Waals surface area contributed by atoms with E-state index in [0.29, 0.717) is 24.0 Å². The van der Waals surface area contributed by atoms with E-state index in [1.54, 1.807) is 52.0 Å². The number of fused-ring (bicyclic) bond motifs is 1. The summed E-state index contributed by atoms with van der Waals surface area (Å²) >= 11 is 0. The lowest BCUT2D eigenvalue weighted by molar-refractivity contribution is -0.0943. The summed E-state index contributed by atoms with van der Waals surface area (Å²) in [5.41, 5.74) is 0.665. The zero-order valence-electron chi connectivity index (χ0n) is 18.6. The Balaban J connectivity index is 1.40. The Kier molecular flexibility index (Phi) is 6.04. The van der Waals surface area contributed by atoms with Crippen LogP contribution >= 0.6 is 0 Å². The number of carbonyl (C=O) groups is 1. The number of alkyl halides is 3. The van der Waals surface area contributed by atoms with Crippen molar-refractivity contribution in [2.45, 2.75) is 37.9 Å². The Morgan fingerprint density at radius 3 is 2.66 bits per heavy atom. The van der Waals surface area contributed by atoms with Crippen molar-refractivity contribution in [3.8, 4) is 11.3 Å². The first-order valence-electron chi connectivity index (χ1n) is 11.3. The predicted octanol–water partition coefficient (Wildman–Crippen LogP) is 5.40. The fourth-order valence-corrected chi connectivity index (χ4v) is 4.51. The van der Waals surface area contributed by atoms with Crippen molar-refractivity contribution < 1.29 is 27.1 Å². The summed E-state index contributed by atoms with van der Waals surface area (Å²) in [6, 6.07) is 11.2. The molecule has 0 spiro atoms. The molecule has 2 aromatic heterocycles. The smallest absolute Gasteiger partial charge is 0.414 e. The fourth-order valence-electron chi connectivity index (χ4n) is 4.51. The van der Waals surface area contributed by atoms with Gasteiger partial charge in [0.25, 0.3) is 5.91 Å². The third kappa shape index (κ3) is 4.52. The number of rotatable bonds is 4. The van der Waals surface area contributed by atoms with Gasteiger partial charge in [0.2, 0.25) is 0 Å². The molecule has 0 saturated carbocycles. The van der Waals surface area contributed by atoms with E-state index in [1.807, 2.05) is 0 Å². The Morgan fingerprint density at radius 2 is 1.91 bits per heavy atom. The van der Waals surface area contributed by atoms with Gasteiger partial charge in [-0.1, -0.05) is 18.2 Å². The first-order chi connectivity index (χ1) is 16.8. The SMILES string of the molecule is O=C(c1c(-c2ccccc2F)nn2ccccc12)N1CCC[C@H]1COC1=NC=C(C(F)(F)F)CC1. The molecule has 5 rings (SSSR count). The second-order valence-corrected chi connectivity index (χ2v) is 8.51. The van der Waals surface area contributed by atoms with Gasteiger partial charge in [-0.3, -0.25) is 4.79 Å². The maximum atomic E-state index is 14.6. The third-order valence-electron chi connectivity index (χ3n) is 6.30. The van der Waals surface area contributed by atoms with E-state index in [9.17, 15) is 22.4 Å². The number of hydrogen-bond donors (Lipinski definition) is 0. The lowest BCUT2D eigenvalue weighted by Crippen LogP contribution is -2.39. The monoisotopic (exact) mass is 486 g/mol. The van der Waals surface area contributed by atoms with Crippen molar-refractivity contribution >= 4 is 17.3 Å². The third-order valence-corrected chi connectivity index (χ3v) is 6.30. The quantitative estimate of drug-likeness (QED) is 0.464. The molecule has 2 aliphatic heterocycles. The molecular formula is C25H22F4N4O2. The summed E-state index contributed by atoms with van der Waals surface area (Å²) in [7, 11) is 0. The molecule has 1 aromatic carbocycles. The standard InChI is InChI=1S/C25H22F4N4O2/c26-19-8-2-1-7-18(19)23-22(20-9-3-4-13-33(20)31-23)24(34)32-12-5-6-17(32)15-35-21-11-10-16(14-30-21)25(27,28)29/h1-4,7-9,13-14,17H,5-6,10-12,15H2/t17-/m0/s1. The van der Waals surface area contributed by atoms with Crippen LogP contribution in [0, 0.1) is 5.82 Å². The molecule has 1 atom stereocenters. The normalized spacial score (nSPS) is 18.5. The highest BCUT2D eigenvalue weighted by Crippen LogP contribution is 2.33. The zero-order chi connectivity index (χ0) is 24.6. The fraction of sp³-hybridized carbons (Fsp3) is 0.320. The minimum atomic E-state index is -4.39. The molecule has 0 aliphatic carbocycles. The summed E-state index contributed by atoms with van der Waals surface area (Å²) in [6.07, 6.45) is -0.605. The first kappa shape index (κ1) is 23.1. The number of amides is 1. The lowest BCUT2D eigenvalue weighted by Gasteiger charge is -2.26. The van der Waals surface area contributed by atoms with Crippen LogP contribution in [0.3, 0.4) is 0 Å². The highest BCUT2D eigenvalue weighted by atomic mass is 19.4. The number of carbonyl (C=O) groups excluding carboxylic acids is 1. The number of halogens is 4. The molecule has 6 nitrogen and oxygen atoms in total. The Labute approximate surface area is 198 Å². The molecule has 1 saturated heterocycles. The van der Waals surface area contributed by atoms with E-state index in [0.717, 1.165) is 12.6 Å². The largest absolute Gasteiger partial charge is 0.479 e. The average molecular weight is 486 g/mol. The Morgan fingerprint density at radius 1 is 1.11 bits per heavy atom. The van der Waals surface area contributed by atoms with Crippen LogP contribution in [0.15, 0.2) is 65.4 Å². The van der Waals surface area contributed by atoms with E-state index in [1.165, 1.54) is 6.07 Å². The van der Waals surface area contributed by atoms with Gasteiger partial charge in [0.15, 0.2) is 5.90 Å². The van der Waals surface area contributed by atoms with Gasteiger partial charge < -0.3 is 9.64 Å². The first-order valence-corrected chi connectivity index (χ1v) is 11.3. The molecule has 35 heavy (non-hydrogen) atoms. The van der Waals surface area contributed by atoms with Crippen LogP contribution in [0.1, 0.15) is 36.0 Å². The van der Waals surface area contributed by atoms with Crippen molar-refractivity contribution in [3.63, 3.8) is 0 Å². The van der Waals surface area contributed by atoms with Gasteiger partial charge in [0.1, 0.15) is 18.1 Å². The summed E-state index contributed by atoms with van der Waals surface area (Å²) < 4.78 is 60.3. The number of ether oxygens (including phenoxy) is 1. The summed E-state index contributed by atoms with van der Waals surface area (Å²) in [4.78, 5) is 19.3. The highest BCUT2D eigenvalue weighted by molar-refractivity contribution is 6.06. The van der Waals surface area contributed by atoms with Crippen molar-refractivity contribution in [1.82, 2.24) is 14.5 Å². The highest BCUT2D eigenvalue weighted by Gasteiger charge is 2.36. The van der Waals surface area contributed by atoms with E-state index in [4.69, 9.17) is 4.74 Å². The van der Waals surface area contributed by atoms with E-state index >= 15 is 0 Å². The molecule has 2 aliphatic rings. The summed E-state index contributed by atoms with van der Waals surface area (Å²) in [5.74, 6) is -0.548. The number of allylic oxidation sites excluding steroid dienone is 1. The van der Waals surface area contributed by atoms with Gasteiger partial charge in [-0.15, -0.1) is 0 Å². The van der Waals surface area contributed by atoms with Gasteiger partial charge in [-0.2, -0.15) is 18.3 Å². The van der Waals surface area contributed by atoms with Crippen molar-refractivity contribution in [2.75, 3.05) is 13.2 Å². The minimum absolute atomic E-state index is 0.0531. The summed E-state index contributed by atoms with van der Waals surface area (Å²) in [6.45, 7) is 0.604. The van der Waals surface area contributed by atoms with E-state index in [2.05, 4.69) is 10.1 Å². The van der Waals surface area contributed by atoms with Crippen LogP contribution in [-0.2, 0) is 4.74 Å². The number of aromatic nitrogens is 2. The molecule has 1 amide bonds. The van der Waals surface area contributed by atoms with Gasteiger partial charge in [0, 0.05) is 30.9 Å². The lowest BCUT2D eigenvalue weighted by atomic mass is 10.0. The molecular weight excluding hydrogens is 464 g/mol. The molecule has 1 fully saturated rings.